The van der Waals surface area contributed by atoms with Gasteiger partial charge in [0.25, 0.3) is 0 Å². The van der Waals surface area contributed by atoms with E-state index in [4.69, 9.17) is 14.4 Å². The number of halogens is 1. The van der Waals surface area contributed by atoms with Gasteiger partial charge in [-0.1, -0.05) is 21.1 Å². The lowest BCUT2D eigenvalue weighted by Crippen LogP contribution is -1.87. The third-order valence-corrected chi connectivity index (χ3v) is 3.06. The highest BCUT2D eigenvalue weighted by atomic mass is 79.9. The number of rotatable bonds is 4. The molecule has 0 unspecified atom stereocenters. The maximum Gasteiger partial charge on any atom is 0.139 e. The molecule has 4 nitrogen and oxygen atoms in total. The minimum Gasteiger partial charge on any atom is -0.497 e. The summed E-state index contributed by atoms with van der Waals surface area (Å²) in [6.45, 7) is 0.0495. The van der Waals surface area contributed by atoms with Gasteiger partial charge in [-0.3, -0.25) is 0 Å². The van der Waals surface area contributed by atoms with Crippen molar-refractivity contribution in [2.24, 2.45) is 0 Å². The number of hydrogen-bond donors (Lipinski definition) is 1. The molecule has 0 aliphatic heterocycles. The van der Waals surface area contributed by atoms with E-state index >= 15 is 0 Å². The van der Waals surface area contributed by atoms with Crippen LogP contribution in [0.3, 0.4) is 0 Å². The fraction of sp³-hybridized carbons (Fsp3) is 0.250. The van der Waals surface area contributed by atoms with Gasteiger partial charge >= 0.3 is 0 Å². The van der Waals surface area contributed by atoms with Crippen LogP contribution in [-0.4, -0.2) is 24.0 Å². The minimum atomic E-state index is 0.0495. The number of aliphatic hydroxyl groups excluding tert-OH is 1. The molecule has 90 valence electrons. The van der Waals surface area contributed by atoms with Gasteiger partial charge in [0, 0.05) is 22.5 Å². The van der Waals surface area contributed by atoms with Gasteiger partial charge in [0.1, 0.15) is 17.2 Å². The van der Waals surface area contributed by atoms with Gasteiger partial charge < -0.3 is 14.4 Å². The summed E-state index contributed by atoms with van der Waals surface area (Å²) in [7, 11) is 1.62. The second-order valence-corrected chi connectivity index (χ2v) is 4.35. The quantitative estimate of drug-likeness (QED) is 0.943. The first-order valence-corrected chi connectivity index (χ1v) is 5.94. The Labute approximate surface area is 107 Å². The Balaban J connectivity index is 2.37. The van der Waals surface area contributed by atoms with E-state index in [0.29, 0.717) is 12.2 Å². The highest BCUT2D eigenvalue weighted by Crippen LogP contribution is 2.31. The first-order valence-electron chi connectivity index (χ1n) is 5.15. The van der Waals surface area contributed by atoms with Gasteiger partial charge in [-0.25, -0.2) is 0 Å². The zero-order valence-electron chi connectivity index (χ0n) is 9.31. The standard InChI is InChI=1S/C12H12BrNO3/c1-16-8-2-3-11(13)10(6-8)12-7-9(4-5-15)17-14-12/h2-3,6-7,15H,4-5H2,1H3. The minimum absolute atomic E-state index is 0.0495. The monoisotopic (exact) mass is 297 g/mol. The molecule has 0 amide bonds. The molecule has 1 aromatic carbocycles. The van der Waals surface area contributed by atoms with Crippen LogP contribution in [0, 0.1) is 0 Å². The SMILES string of the molecule is COc1ccc(Br)c(-c2cc(CCO)on2)c1. The summed E-state index contributed by atoms with van der Waals surface area (Å²) >= 11 is 3.46. The molecule has 2 rings (SSSR count). The number of aromatic nitrogens is 1. The fourth-order valence-corrected chi connectivity index (χ4v) is 1.95. The molecule has 0 bridgehead atoms. The molecular formula is C12H12BrNO3. The maximum absolute atomic E-state index is 8.82. The van der Waals surface area contributed by atoms with Crippen LogP contribution in [0.1, 0.15) is 5.76 Å². The smallest absolute Gasteiger partial charge is 0.139 e. The van der Waals surface area contributed by atoms with Crippen LogP contribution in [-0.2, 0) is 6.42 Å². The predicted molar refractivity (Wildman–Crippen MR) is 67.0 cm³/mol. The maximum atomic E-state index is 8.82. The number of methoxy groups -OCH3 is 1. The Morgan fingerprint density at radius 1 is 1.41 bits per heavy atom. The summed E-state index contributed by atoms with van der Waals surface area (Å²) in [5.41, 5.74) is 1.62. The largest absolute Gasteiger partial charge is 0.497 e. The third kappa shape index (κ3) is 2.68. The van der Waals surface area contributed by atoms with Gasteiger partial charge in [-0.15, -0.1) is 0 Å². The summed E-state index contributed by atoms with van der Waals surface area (Å²) in [4.78, 5) is 0. The first-order chi connectivity index (χ1) is 8.24. The van der Waals surface area contributed by atoms with E-state index in [0.717, 1.165) is 21.5 Å². The molecule has 5 heteroatoms. The van der Waals surface area contributed by atoms with Crippen molar-refractivity contribution in [2.75, 3.05) is 13.7 Å². The Morgan fingerprint density at radius 3 is 2.94 bits per heavy atom. The van der Waals surface area contributed by atoms with E-state index < -0.39 is 0 Å². The molecule has 17 heavy (non-hydrogen) atoms. The molecule has 0 saturated heterocycles. The average Bonchev–Trinajstić information content (AvgIpc) is 2.79. The Hall–Kier alpha value is -1.33. The summed E-state index contributed by atoms with van der Waals surface area (Å²) in [6, 6.07) is 7.46. The number of ether oxygens (including phenoxy) is 1. The lowest BCUT2D eigenvalue weighted by molar-refractivity contribution is 0.277. The number of hydrogen-bond acceptors (Lipinski definition) is 4. The molecule has 0 atom stereocenters. The van der Waals surface area contributed by atoms with Gasteiger partial charge in [0.15, 0.2) is 0 Å². The van der Waals surface area contributed by atoms with Crippen LogP contribution in [0.2, 0.25) is 0 Å². The topological polar surface area (TPSA) is 55.5 Å². The van der Waals surface area contributed by atoms with Crippen LogP contribution in [0.25, 0.3) is 11.3 Å². The second-order valence-electron chi connectivity index (χ2n) is 3.50. The molecular weight excluding hydrogens is 286 g/mol. The van der Waals surface area contributed by atoms with Gasteiger partial charge in [-0.2, -0.15) is 0 Å². The van der Waals surface area contributed by atoms with Crippen LogP contribution in [0.4, 0.5) is 0 Å². The molecule has 0 fully saturated rings. The normalized spacial score (nSPS) is 10.5. The molecule has 0 spiro atoms. The number of benzene rings is 1. The van der Waals surface area contributed by atoms with Crippen molar-refractivity contribution in [1.82, 2.24) is 5.16 Å². The summed E-state index contributed by atoms with van der Waals surface area (Å²) in [5.74, 6) is 1.42. The predicted octanol–water partition coefficient (Wildman–Crippen LogP) is 2.65. The Bertz CT molecular complexity index is 510. The lowest BCUT2D eigenvalue weighted by Gasteiger charge is -2.03. The number of aliphatic hydroxyl groups is 1. The fourth-order valence-electron chi connectivity index (χ4n) is 1.50. The van der Waals surface area contributed by atoms with E-state index in [1.807, 2.05) is 24.3 Å². The molecule has 1 N–H and O–H groups in total. The van der Waals surface area contributed by atoms with Gasteiger partial charge in [0.2, 0.25) is 0 Å². The van der Waals surface area contributed by atoms with Crippen LogP contribution in [0.5, 0.6) is 5.75 Å². The zero-order valence-corrected chi connectivity index (χ0v) is 10.9. The summed E-state index contributed by atoms with van der Waals surface area (Å²) in [5, 5.41) is 12.8. The van der Waals surface area contributed by atoms with Crippen molar-refractivity contribution in [3.63, 3.8) is 0 Å². The number of nitrogens with zero attached hydrogens (tertiary/aromatic N) is 1. The van der Waals surface area contributed by atoms with Gasteiger partial charge in [0.05, 0.1) is 13.7 Å². The van der Waals surface area contributed by atoms with Crippen molar-refractivity contribution in [1.29, 1.82) is 0 Å². The molecule has 0 aliphatic carbocycles. The Kier molecular flexibility index (Phi) is 3.81. The molecule has 0 radical (unpaired) electrons. The van der Waals surface area contributed by atoms with E-state index in [-0.39, 0.29) is 6.61 Å². The van der Waals surface area contributed by atoms with Crippen molar-refractivity contribution < 1.29 is 14.4 Å². The molecule has 0 aliphatic rings. The molecule has 0 saturated carbocycles. The first kappa shape index (κ1) is 12.1. The summed E-state index contributed by atoms with van der Waals surface area (Å²) < 4.78 is 11.2. The third-order valence-electron chi connectivity index (χ3n) is 2.37. The zero-order chi connectivity index (χ0) is 12.3. The van der Waals surface area contributed by atoms with E-state index in [1.165, 1.54) is 0 Å². The van der Waals surface area contributed by atoms with Crippen molar-refractivity contribution in [2.45, 2.75) is 6.42 Å². The van der Waals surface area contributed by atoms with Crippen molar-refractivity contribution in [3.05, 3.63) is 34.5 Å². The summed E-state index contributed by atoms with van der Waals surface area (Å²) in [6.07, 6.45) is 0.467. The van der Waals surface area contributed by atoms with E-state index in [2.05, 4.69) is 21.1 Å². The van der Waals surface area contributed by atoms with Crippen LogP contribution >= 0.6 is 15.9 Å². The second kappa shape index (κ2) is 5.33. The van der Waals surface area contributed by atoms with Crippen molar-refractivity contribution in [3.8, 4) is 17.0 Å². The highest BCUT2D eigenvalue weighted by molar-refractivity contribution is 9.10. The van der Waals surface area contributed by atoms with Crippen LogP contribution in [0.15, 0.2) is 33.3 Å². The molecule has 2 aromatic rings. The molecule has 1 aromatic heterocycles. The lowest BCUT2D eigenvalue weighted by atomic mass is 10.1. The van der Waals surface area contributed by atoms with Gasteiger partial charge in [-0.05, 0) is 18.2 Å². The van der Waals surface area contributed by atoms with Crippen molar-refractivity contribution >= 4 is 15.9 Å². The van der Waals surface area contributed by atoms with E-state index in [9.17, 15) is 0 Å². The Morgan fingerprint density at radius 2 is 2.24 bits per heavy atom. The van der Waals surface area contributed by atoms with E-state index in [1.54, 1.807) is 7.11 Å². The highest BCUT2D eigenvalue weighted by Gasteiger charge is 2.10. The molecule has 1 heterocycles. The average molecular weight is 298 g/mol. The van der Waals surface area contributed by atoms with Crippen LogP contribution < -0.4 is 4.74 Å².